The average Bonchev–Trinajstić information content (AvgIpc) is 3.00. The van der Waals surface area contributed by atoms with Gasteiger partial charge < -0.3 is 14.6 Å². The van der Waals surface area contributed by atoms with Gasteiger partial charge in [-0.15, -0.1) is 0 Å². The maximum atomic E-state index is 5.47. The lowest BCUT2D eigenvalue weighted by Crippen LogP contribution is -2.24. The van der Waals surface area contributed by atoms with E-state index in [0.29, 0.717) is 5.92 Å². The van der Waals surface area contributed by atoms with Crippen molar-refractivity contribution in [3.8, 4) is 5.75 Å². The first kappa shape index (κ1) is 16.5. The van der Waals surface area contributed by atoms with E-state index in [1.165, 1.54) is 16.3 Å². The van der Waals surface area contributed by atoms with Gasteiger partial charge >= 0.3 is 0 Å². The van der Waals surface area contributed by atoms with Crippen molar-refractivity contribution in [2.75, 3.05) is 13.7 Å². The number of fused-ring (bicyclic) bond motifs is 1. The zero-order valence-electron chi connectivity index (χ0n) is 14.6. The van der Waals surface area contributed by atoms with Crippen LogP contribution in [-0.2, 0) is 13.1 Å². The van der Waals surface area contributed by atoms with Gasteiger partial charge in [0.1, 0.15) is 11.6 Å². The van der Waals surface area contributed by atoms with Crippen molar-refractivity contribution in [1.29, 1.82) is 0 Å². The van der Waals surface area contributed by atoms with Gasteiger partial charge in [-0.3, -0.25) is 0 Å². The lowest BCUT2D eigenvalue weighted by Gasteiger charge is -2.16. The molecule has 126 valence electrons. The minimum absolute atomic E-state index is 0.544. The maximum absolute atomic E-state index is 5.47. The molecule has 2 aromatic carbocycles. The number of nitrogens with one attached hydrogen (secondary N) is 1. The van der Waals surface area contributed by atoms with E-state index in [2.05, 4.69) is 58.2 Å². The van der Waals surface area contributed by atoms with Crippen LogP contribution in [0.15, 0.2) is 48.8 Å². The van der Waals surface area contributed by atoms with Gasteiger partial charge in [-0.2, -0.15) is 0 Å². The maximum Gasteiger partial charge on any atom is 0.126 e. The number of hydrogen-bond donors (Lipinski definition) is 1. The molecule has 1 aromatic heterocycles. The Morgan fingerprint density at radius 1 is 1.17 bits per heavy atom. The van der Waals surface area contributed by atoms with E-state index >= 15 is 0 Å². The van der Waals surface area contributed by atoms with Crippen LogP contribution in [0.5, 0.6) is 5.75 Å². The van der Waals surface area contributed by atoms with Crippen molar-refractivity contribution >= 4 is 10.8 Å². The number of ether oxygens (including phenoxy) is 1. The summed E-state index contributed by atoms with van der Waals surface area (Å²) < 4.78 is 7.67. The molecule has 0 aliphatic rings. The van der Waals surface area contributed by atoms with Crippen LogP contribution in [0.25, 0.3) is 10.8 Å². The fourth-order valence-corrected chi connectivity index (χ4v) is 3.12. The predicted octanol–water partition coefficient (Wildman–Crippen LogP) is 3.78. The molecule has 0 amide bonds. The topological polar surface area (TPSA) is 39.1 Å². The molecule has 0 aliphatic heterocycles. The van der Waals surface area contributed by atoms with Gasteiger partial charge in [0.05, 0.1) is 7.11 Å². The van der Waals surface area contributed by atoms with Crippen LogP contribution < -0.4 is 10.1 Å². The minimum Gasteiger partial charge on any atom is -0.496 e. The Balaban J connectivity index is 1.63. The van der Waals surface area contributed by atoms with E-state index in [0.717, 1.165) is 31.2 Å². The fourth-order valence-electron chi connectivity index (χ4n) is 3.12. The summed E-state index contributed by atoms with van der Waals surface area (Å²) in [5.41, 5.74) is 1.30. The molecule has 0 bridgehead atoms. The average molecular weight is 323 g/mol. The van der Waals surface area contributed by atoms with E-state index in [4.69, 9.17) is 4.74 Å². The van der Waals surface area contributed by atoms with E-state index < -0.39 is 0 Å². The van der Waals surface area contributed by atoms with Gasteiger partial charge in [0.15, 0.2) is 0 Å². The number of imidazole rings is 1. The molecule has 3 aromatic rings. The molecule has 0 saturated carbocycles. The standard InChI is InChI=1S/C20H25N3O/c1-15(14-23-11-10-22-16(23)2)12-21-13-17-8-9-20(24-3)19-7-5-4-6-18(17)19/h4-11,15,21H,12-14H2,1-3H3. The summed E-state index contributed by atoms with van der Waals surface area (Å²) in [4.78, 5) is 4.28. The monoisotopic (exact) mass is 323 g/mol. The van der Waals surface area contributed by atoms with Crippen molar-refractivity contribution in [3.05, 3.63) is 60.2 Å². The summed E-state index contributed by atoms with van der Waals surface area (Å²) in [7, 11) is 1.72. The van der Waals surface area contributed by atoms with Crippen LogP contribution in [0.2, 0.25) is 0 Å². The third-order valence-electron chi connectivity index (χ3n) is 4.43. The van der Waals surface area contributed by atoms with Crippen LogP contribution in [0.1, 0.15) is 18.3 Å². The van der Waals surface area contributed by atoms with E-state index in [9.17, 15) is 0 Å². The van der Waals surface area contributed by atoms with Crippen molar-refractivity contribution < 1.29 is 4.74 Å². The highest BCUT2D eigenvalue weighted by atomic mass is 16.5. The highest BCUT2D eigenvalue weighted by Crippen LogP contribution is 2.28. The van der Waals surface area contributed by atoms with Crippen LogP contribution in [-0.4, -0.2) is 23.2 Å². The summed E-state index contributed by atoms with van der Waals surface area (Å²) in [6, 6.07) is 12.6. The van der Waals surface area contributed by atoms with Gasteiger partial charge in [0.2, 0.25) is 0 Å². The molecular weight excluding hydrogens is 298 g/mol. The van der Waals surface area contributed by atoms with Crippen LogP contribution in [0.4, 0.5) is 0 Å². The number of aryl methyl sites for hydroxylation is 1. The Labute approximate surface area is 143 Å². The van der Waals surface area contributed by atoms with Gasteiger partial charge in [0.25, 0.3) is 0 Å². The third kappa shape index (κ3) is 3.60. The van der Waals surface area contributed by atoms with Gasteiger partial charge in [-0.25, -0.2) is 4.98 Å². The van der Waals surface area contributed by atoms with Gasteiger partial charge in [-0.05, 0) is 36.4 Å². The first-order valence-corrected chi connectivity index (χ1v) is 8.42. The number of hydrogen-bond acceptors (Lipinski definition) is 3. The highest BCUT2D eigenvalue weighted by molar-refractivity contribution is 5.91. The zero-order valence-corrected chi connectivity index (χ0v) is 14.6. The quantitative estimate of drug-likeness (QED) is 0.719. The van der Waals surface area contributed by atoms with E-state index in [1.54, 1.807) is 7.11 Å². The highest BCUT2D eigenvalue weighted by Gasteiger charge is 2.08. The fraction of sp³-hybridized carbons (Fsp3) is 0.350. The number of benzene rings is 2. The normalized spacial score (nSPS) is 12.5. The number of rotatable bonds is 7. The Bertz CT molecular complexity index is 810. The molecule has 0 radical (unpaired) electrons. The Morgan fingerprint density at radius 2 is 1.96 bits per heavy atom. The number of methoxy groups -OCH3 is 1. The summed E-state index contributed by atoms with van der Waals surface area (Å²) in [6.07, 6.45) is 3.90. The molecule has 0 spiro atoms. The molecule has 1 N–H and O–H groups in total. The molecule has 1 atom stereocenters. The molecule has 1 heterocycles. The molecule has 4 heteroatoms. The second-order valence-electron chi connectivity index (χ2n) is 6.34. The number of aromatic nitrogens is 2. The second kappa shape index (κ2) is 7.49. The minimum atomic E-state index is 0.544. The Kier molecular flexibility index (Phi) is 5.16. The molecule has 24 heavy (non-hydrogen) atoms. The second-order valence-corrected chi connectivity index (χ2v) is 6.34. The predicted molar refractivity (Wildman–Crippen MR) is 98.3 cm³/mol. The van der Waals surface area contributed by atoms with Crippen LogP contribution >= 0.6 is 0 Å². The lowest BCUT2D eigenvalue weighted by molar-refractivity contribution is 0.419. The lowest BCUT2D eigenvalue weighted by atomic mass is 10.0. The first-order valence-electron chi connectivity index (χ1n) is 8.42. The molecule has 3 rings (SSSR count). The molecule has 0 saturated heterocycles. The Morgan fingerprint density at radius 3 is 2.67 bits per heavy atom. The van der Waals surface area contributed by atoms with Gasteiger partial charge in [-0.1, -0.05) is 37.3 Å². The SMILES string of the molecule is COc1ccc(CNCC(C)Cn2ccnc2C)c2ccccc12. The zero-order chi connectivity index (χ0) is 16.9. The molecule has 0 aliphatic carbocycles. The van der Waals surface area contributed by atoms with Crippen LogP contribution in [0.3, 0.4) is 0 Å². The largest absolute Gasteiger partial charge is 0.496 e. The molecular formula is C20H25N3O. The molecule has 1 unspecified atom stereocenters. The van der Waals surface area contributed by atoms with E-state index in [1.807, 2.05) is 19.3 Å². The number of nitrogens with zero attached hydrogens (tertiary/aromatic N) is 2. The molecule has 0 fully saturated rings. The molecule has 4 nitrogen and oxygen atoms in total. The summed E-state index contributed by atoms with van der Waals surface area (Å²) in [6.45, 7) is 7.13. The summed E-state index contributed by atoms with van der Waals surface area (Å²) in [5.74, 6) is 2.55. The summed E-state index contributed by atoms with van der Waals surface area (Å²) >= 11 is 0. The van der Waals surface area contributed by atoms with Crippen molar-refractivity contribution in [1.82, 2.24) is 14.9 Å². The first-order chi connectivity index (χ1) is 11.7. The van der Waals surface area contributed by atoms with Gasteiger partial charge in [0, 0.05) is 30.9 Å². The third-order valence-corrected chi connectivity index (χ3v) is 4.43. The van der Waals surface area contributed by atoms with Crippen molar-refractivity contribution in [3.63, 3.8) is 0 Å². The van der Waals surface area contributed by atoms with Crippen molar-refractivity contribution in [2.24, 2.45) is 5.92 Å². The van der Waals surface area contributed by atoms with E-state index in [-0.39, 0.29) is 0 Å². The summed E-state index contributed by atoms with van der Waals surface area (Å²) in [5, 5.41) is 6.01. The smallest absolute Gasteiger partial charge is 0.126 e. The Hall–Kier alpha value is -2.33. The van der Waals surface area contributed by atoms with Crippen LogP contribution in [0, 0.1) is 12.8 Å². The van der Waals surface area contributed by atoms with Crippen molar-refractivity contribution in [2.45, 2.75) is 26.9 Å².